The summed E-state index contributed by atoms with van der Waals surface area (Å²) < 4.78 is 54.7. The number of carbonyl (C=O) groups excluding carboxylic acids is 1. The third-order valence-electron chi connectivity index (χ3n) is 8.59. The highest BCUT2D eigenvalue weighted by atomic mass is 32.2. The van der Waals surface area contributed by atoms with Crippen LogP contribution in [0.1, 0.15) is 54.3 Å². The Morgan fingerprint density at radius 3 is 2.17 bits per heavy atom. The van der Waals surface area contributed by atoms with E-state index in [9.17, 15) is 27.2 Å². The molecule has 1 aromatic heterocycles. The number of hydrogen-bond donors (Lipinski definition) is 1. The minimum Gasteiger partial charge on any atom is -0.353 e. The SMILES string of the molecule is CCN(CC)CCNC(=O)C(Cc1ccc(-c2ccc(C(F)(F)F)cc2)cc1)n1c(SCc2ccc(F)cc2)nc(=O)c2c1CCC2. The molecule has 0 saturated carbocycles. The van der Waals surface area contributed by atoms with Gasteiger partial charge in [0.25, 0.3) is 5.56 Å². The molecule has 5 rings (SSSR count). The number of likely N-dealkylation sites (N-methyl/N-ethyl adjacent to an activating group) is 1. The number of nitrogens with one attached hydrogen (secondary N) is 1. The van der Waals surface area contributed by atoms with Crippen molar-refractivity contribution < 1.29 is 22.4 Å². The fourth-order valence-corrected chi connectivity index (χ4v) is 6.92. The summed E-state index contributed by atoms with van der Waals surface area (Å²) in [6, 6.07) is 17.9. The van der Waals surface area contributed by atoms with Crippen LogP contribution in [0.2, 0.25) is 0 Å². The average molecular weight is 667 g/mol. The fraction of sp³-hybridized carbons (Fsp3) is 0.361. The fourth-order valence-electron chi connectivity index (χ4n) is 5.90. The maximum absolute atomic E-state index is 14.1. The number of halogens is 4. The lowest BCUT2D eigenvalue weighted by Gasteiger charge is -2.26. The number of aromatic nitrogens is 2. The van der Waals surface area contributed by atoms with Crippen molar-refractivity contribution in [2.75, 3.05) is 26.2 Å². The summed E-state index contributed by atoms with van der Waals surface area (Å²) >= 11 is 1.34. The molecule has 11 heteroatoms. The van der Waals surface area contributed by atoms with Gasteiger partial charge in [-0.3, -0.25) is 9.59 Å². The van der Waals surface area contributed by atoms with E-state index < -0.39 is 17.8 Å². The molecule has 47 heavy (non-hydrogen) atoms. The van der Waals surface area contributed by atoms with Gasteiger partial charge < -0.3 is 14.8 Å². The largest absolute Gasteiger partial charge is 0.416 e. The Bertz CT molecular complexity index is 1720. The van der Waals surface area contributed by atoms with Crippen LogP contribution in [0.4, 0.5) is 17.6 Å². The van der Waals surface area contributed by atoms with Gasteiger partial charge in [-0.15, -0.1) is 0 Å². The van der Waals surface area contributed by atoms with Crippen molar-refractivity contribution >= 4 is 17.7 Å². The predicted molar refractivity (Wildman–Crippen MR) is 177 cm³/mol. The number of alkyl halides is 3. The van der Waals surface area contributed by atoms with Crippen LogP contribution in [0.3, 0.4) is 0 Å². The van der Waals surface area contributed by atoms with Gasteiger partial charge in [-0.05, 0) is 78.9 Å². The third-order valence-corrected chi connectivity index (χ3v) is 9.61. The van der Waals surface area contributed by atoms with Crippen molar-refractivity contribution in [1.82, 2.24) is 19.8 Å². The summed E-state index contributed by atoms with van der Waals surface area (Å²) in [4.78, 5) is 33.8. The molecule has 1 aliphatic rings. The first-order chi connectivity index (χ1) is 22.6. The Morgan fingerprint density at radius 2 is 1.55 bits per heavy atom. The first kappa shape index (κ1) is 34.4. The molecule has 1 heterocycles. The average Bonchev–Trinajstić information content (AvgIpc) is 3.56. The van der Waals surface area contributed by atoms with Crippen molar-refractivity contribution in [3.8, 4) is 11.1 Å². The second kappa shape index (κ2) is 15.3. The van der Waals surface area contributed by atoms with Crippen LogP contribution < -0.4 is 10.9 Å². The van der Waals surface area contributed by atoms with Gasteiger partial charge in [-0.25, -0.2) is 4.39 Å². The Balaban J connectivity index is 1.47. The Labute approximate surface area is 276 Å². The number of nitrogens with zero attached hydrogens (tertiary/aromatic N) is 3. The van der Waals surface area contributed by atoms with E-state index in [2.05, 4.69) is 29.0 Å². The highest BCUT2D eigenvalue weighted by Gasteiger charge is 2.31. The van der Waals surface area contributed by atoms with Gasteiger partial charge >= 0.3 is 6.18 Å². The minimum absolute atomic E-state index is 0.188. The van der Waals surface area contributed by atoms with Gasteiger partial charge in [0.1, 0.15) is 11.9 Å². The van der Waals surface area contributed by atoms with Crippen LogP contribution in [0.5, 0.6) is 0 Å². The van der Waals surface area contributed by atoms with Crippen molar-refractivity contribution in [1.29, 1.82) is 0 Å². The predicted octanol–water partition coefficient (Wildman–Crippen LogP) is 7.09. The summed E-state index contributed by atoms with van der Waals surface area (Å²) in [5, 5.41) is 3.55. The molecule has 248 valence electrons. The number of rotatable bonds is 13. The van der Waals surface area contributed by atoms with E-state index in [1.165, 1.54) is 36.0 Å². The highest BCUT2D eigenvalue weighted by molar-refractivity contribution is 7.98. The second-order valence-electron chi connectivity index (χ2n) is 11.6. The number of carbonyl (C=O) groups is 1. The zero-order valence-electron chi connectivity index (χ0n) is 26.4. The van der Waals surface area contributed by atoms with Gasteiger partial charge in [0, 0.05) is 36.5 Å². The molecule has 1 aliphatic carbocycles. The van der Waals surface area contributed by atoms with E-state index in [4.69, 9.17) is 0 Å². The van der Waals surface area contributed by atoms with Gasteiger partial charge in [-0.1, -0.05) is 74.1 Å². The molecule has 0 bridgehead atoms. The molecule has 1 amide bonds. The van der Waals surface area contributed by atoms with Crippen LogP contribution in [-0.4, -0.2) is 46.5 Å². The molecule has 6 nitrogen and oxygen atoms in total. The first-order valence-electron chi connectivity index (χ1n) is 15.9. The molecule has 3 aromatic carbocycles. The Kier molecular flexibility index (Phi) is 11.2. The number of thioether (sulfide) groups is 1. The number of benzene rings is 3. The zero-order valence-corrected chi connectivity index (χ0v) is 27.3. The zero-order chi connectivity index (χ0) is 33.6. The van der Waals surface area contributed by atoms with Crippen molar-refractivity contribution in [2.45, 2.75) is 62.7 Å². The van der Waals surface area contributed by atoms with Crippen molar-refractivity contribution in [3.63, 3.8) is 0 Å². The smallest absolute Gasteiger partial charge is 0.353 e. The van der Waals surface area contributed by atoms with Gasteiger partial charge in [0.05, 0.1) is 5.56 Å². The second-order valence-corrected chi connectivity index (χ2v) is 12.5. The highest BCUT2D eigenvalue weighted by Crippen LogP contribution is 2.33. The molecule has 0 aliphatic heterocycles. The lowest BCUT2D eigenvalue weighted by Crippen LogP contribution is -2.40. The Hall–Kier alpha value is -3.96. The first-order valence-corrected chi connectivity index (χ1v) is 16.8. The van der Waals surface area contributed by atoms with Gasteiger partial charge in [-0.2, -0.15) is 18.2 Å². The summed E-state index contributed by atoms with van der Waals surface area (Å²) in [7, 11) is 0. The van der Waals surface area contributed by atoms with E-state index in [1.807, 2.05) is 28.8 Å². The molecule has 0 spiro atoms. The molecular formula is C36H38F4N4O2S. The maximum Gasteiger partial charge on any atom is 0.416 e. The third kappa shape index (κ3) is 8.50. The van der Waals surface area contributed by atoms with Crippen LogP contribution in [0, 0.1) is 5.82 Å². The summed E-state index contributed by atoms with van der Waals surface area (Å²) in [5.41, 5.74) is 3.58. The van der Waals surface area contributed by atoms with E-state index >= 15 is 0 Å². The summed E-state index contributed by atoms with van der Waals surface area (Å²) in [5.74, 6) is -0.0897. The molecule has 4 aromatic rings. The van der Waals surface area contributed by atoms with Crippen molar-refractivity contribution in [3.05, 3.63) is 117 Å². The van der Waals surface area contributed by atoms with Gasteiger partial charge in [0.15, 0.2) is 5.16 Å². The van der Waals surface area contributed by atoms with Crippen LogP contribution in [0.25, 0.3) is 11.1 Å². The Morgan fingerprint density at radius 1 is 0.936 bits per heavy atom. The summed E-state index contributed by atoms with van der Waals surface area (Å²) in [6.45, 7) is 7.02. The maximum atomic E-state index is 14.1. The molecular weight excluding hydrogens is 628 g/mol. The van der Waals surface area contributed by atoms with E-state index in [-0.39, 0.29) is 17.3 Å². The molecule has 0 saturated heterocycles. The molecule has 0 fully saturated rings. The molecule has 0 radical (unpaired) electrons. The minimum atomic E-state index is -4.41. The lowest BCUT2D eigenvalue weighted by molar-refractivity contribution is -0.137. The lowest BCUT2D eigenvalue weighted by atomic mass is 9.99. The standard InChI is InChI=1S/C36H38F4N4O2S/c1-3-43(4-2)21-20-41-34(46)32(22-24-8-12-26(13-9-24)27-14-16-28(17-15-27)36(38,39)40)44-31-7-5-6-30(31)33(45)42-35(44)47-23-25-10-18-29(37)19-11-25/h8-19,32H,3-7,20-23H2,1-2H3,(H,41,46). The van der Waals surface area contributed by atoms with E-state index in [1.54, 1.807) is 12.1 Å². The number of fused-ring (bicyclic) bond motifs is 1. The quantitative estimate of drug-likeness (QED) is 0.0938. The normalized spacial score (nSPS) is 13.5. The molecule has 1 N–H and O–H groups in total. The summed E-state index contributed by atoms with van der Waals surface area (Å²) in [6.07, 6.45) is -2.06. The van der Waals surface area contributed by atoms with Gasteiger partial charge in [0.2, 0.25) is 5.91 Å². The topological polar surface area (TPSA) is 67.2 Å². The van der Waals surface area contributed by atoms with E-state index in [0.717, 1.165) is 54.0 Å². The van der Waals surface area contributed by atoms with Crippen LogP contribution in [0.15, 0.2) is 82.7 Å². The molecule has 1 unspecified atom stereocenters. The molecule has 1 atom stereocenters. The van der Waals surface area contributed by atoms with E-state index in [0.29, 0.717) is 54.4 Å². The number of amides is 1. The number of hydrogen-bond acceptors (Lipinski definition) is 5. The van der Waals surface area contributed by atoms with Crippen LogP contribution in [-0.2, 0) is 36.0 Å². The van der Waals surface area contributed by atoms with Crippen molar-refractivity contribution in [2.24, 2.45) is 0 Å². The van der Waals surface area contributed by atoms with Crippen LogP contribution >= 0.6 is 11.8 Å². The monoisotopic (exact) mass is 666 g/mol.